The molecule has 2 rings (SSSR count). The Morgan fingerprint density at radius 3 is 2.25 bits per heavy atom. The molecule has 0 radical (unpaired) electrons. The molecule has 0 aromatic rings. The maximum Gasteiger partial charge on any atom is 0.0342 e. The van der Waals surface area contributed by atoms with E-state index in [-0.39, 0.29) is 5.54 Å². The highest BCUT2D eigenvalue weighted by Gasteiger charge is 2.47. The fraction of sp³-hybridized carbons (Fsp3) is 1.00. The third kappa shape index (κ3) is 3.39. The maximum absolute atomic E-state index is 6.36. The van der Waals surface area contributed by atoms with Gasteiger partial charge in [0.15, 0.2) is 0 Å². The highest BCUT2D eigenvalue weighted by molar-refractivity contribution is 5.03. The van der Waals surface area contributed by atoms with Crippen molar-refractivity contribution in [1.82, 2.24) is 4.90 Å². The molecule has 0 heterocycles. The van der Waals surface area contributed by atoms with Crippen molar-refractivity contribution >= 4 is 0 Å². The van der Waals surface area contributed by atoms with Gasteiger partial charge in [-0.05, 0) is 50.0 Å². The lowest BCUT2D eigenvalue weighted by molar-refractivity contribution is -0.0412. The summed E-state index contributed by atoms with van der Waals surface area (Å²) in [6.07, 6.45) is 11.0. The topological polar surface area (TPSA) is 29.3 Å². The lowest BCUT2D eigenvalue weighted by Crippen LogP contribution is -2.62. The Hall–Kier alpha value is -0.0800. The Kier molecular flexibility index (Phi) is 5.18. The van der Waals surface area contributed by atoms with Gasteiger partial charge in [-0.25, -0.2) is 0 Å². The van der Waals surface area contributed by atoms with Crippen LogP contribution in [-0.4, -0.2) is 29.6 Å². The minimum absolute atomic E-state index is 0.262. The summed E-state index contributed by atoms with van der Waals surface area (Å²) < 4.78 is 0. The van der Waals surface area contributed by atoms with Crippen LogP contribution >= 0.6 is 0 Å². The first-order chi connectivity index (χ1) is 9.42. The fourth-order valence-corrected chi connectivity index (χ4v) is 5.56. The van der Waals surface area contributed by atoms with Crippen molar-refractivity contribution in [2.45, 2.75) is 90.6 Å². The predicted molar refractivity (Wildman–Crippen MR) is 87.8 cm³/mol. The summed E-state index contributed by atoms with van der Waals surface area (Å²) in [6.45, 7) is 11.7. The summed E-state index contributed by atoms with van der Waals surface area (Å²) in [6, 6.07) is 0.790. The van der Waals surface area contributed by atoms with E-state index >= 15 is 0 Å². The minimum atomic E-state index is 0.262. The third-order valence-electron chi connectivity index (χ3n) is 5.78. The lowest BCUT2D eigenvalue weighted by atomic mass is 9.63. The molecule has 2 aliphatic rings. The molecular formula is C18H36N2. The quantitative estimate of drug-likeness (QED) is 0.837. The van der Waals surface area contributed by atoms with Gasteiger partial charge in [-0.15, -0.1) is 0 Å². The van der Waals surface area contributed by atoms with Crippen molar-refractivity contribution in [2.24, 2.45) is 17.1 Å². The first-order valence-corrected chi connectivity index (χ1v) is 8.89. The molecule has 2 fully saturated rings. The lowest BCUT2D eigenvalue weighted by Gasteiger charge is -2.55. The Morgan fingerprint density at radius 1 is 1.10 bits per heavy atom. The third-order valence-corrected chi connectivity index (χ3v) is 5.78. The van der Waals surface area contributed by atoms with Crippen molar-refractivity contribution in [1.29, 1.82) is 0 Å². The molecule has 0 aromatic carbocycles. The van der Waals surface area contributed by atoms with E-state index in [0.717, 1.165) is 18.5 Å². The van der Waals surface area contributed by atoms with E-state index in [1.165, 1.54) is 57.9 Å². The smallest absolute Gasteiger partial charge is 0.0342 e. The van der Waals surface area contributed by atoms with E-state index in [0.29, 0.717) is 5.41 Å². The van der Waals surface area contributed by atoms with E-state index in [1.54, 1.807) is 0 Å². The Bertz CT molecular complexity index is 307. The Morgan fingerprint density at radius 2 is 1.75 bits per heavy atom. The number of likely N-dealkylation sites (N-methyl/N-ethyl adjacent to an activating group) is 1. The van der Waals surface area contributed by atoms with Gasteiger partial charge < -0.3 is 5.73 Å². The van der Waals surface area contributed by atoms with Gasteiger partial charge in [0.1, 0.15) is 0 Å². The first-order valence-electron chi connectivity index (χ1n) is 8.89. The summed E-state index contributed by atoms with van der Waals surface area (Å²) in [5.41, 5.74) is 7.07. The minimum Gasteiger partial charge on any atom is -0.329 e. The van der Waals surface area contributed by atoms with Gasteiger partial charge >= 0.3 is 0 Å². The fourth-order valence-electron chi connectivity index (χ4n) is 5.56. The number of hydrogen-bond acceptors (Lipinski definition) is 2. The average Bonchev–Trinajstić information content (AvgIpc) is 2.38. The average molecular weight is 280 g/mol. The summed E-state index contributed by atoms with van der Waals surface area (Å²) in [5.74, 6) is 0.806. The van der Waals surface area contributed by atoms with Crippen molar-refractivity contribution in [3.63, 3.8) is 0 Å². The predicted octanol–water partition coefficient (Wildman–Crippen LogP) is 4.18. The highest BCUT2D eigenvalue weighted by Crippen LogP contribution is 2.47. The maximum atomic E-state index is 6.36. The summed E-state index contributed by atoms with van der Waals surface area (Å²) in [5, 5.41) is 0. The summed E-state index contributed by atoms with van der Waals surface area (Å²) >= 11 is 0. The van der Waals surface area contributed by atoms with Crippen molar-refractivity contribution in [2.75, 3.05) is 13.1 Å². The second kappa shape index (κ2) is 6.36. The molecule has 0 spiro atoms. The largest absolute Gasteiger partial charge is 0.329 e. The second-order valence-corrected chi connectivity index (χ2v) is 8.36. The normalized spacial score (nSPS) is 35.4. The molecule has 2 atom stereocenters. The van der Waals surface area contributed by atoms with Gasteiger partial charge in [-0.1, -0.05) is 47.0 Å². The number of hydrogen-bond donors (Lipinski definition) is 1. The Labute approximate surface area is 126 Å². The Balaban J connectivity index is 2.22. The molecule has 0 bridgehead atoms. The van der Waals surface area contributed by atoms with Gasteiger partial charge in [0, 0.05) is 18.1 Å². The first kappa shape index (κ1) is 16.3. The zero-order valence-corrected chi connectivity index (χ0v) is 14.3. The van der Waals surface area contributed by atoms with Crippen LogP contribution in [0.5, 0.6) is 0 Å². The monoisotopic (exact) mass is 280 g/mol. The van der Waals surface area contributed by atoms with Gasteiger partial charge in [0.2, 0.25) is 0 Å². The molecule has 2 aliphatic carbocycles. The van der Waals surface area contributed by atoms with Crippen molar-refractivity contribution in [3.8, 4) is 0 Å². The van der Waals surface area contributed by atoms with Crippen LogP contribution in [0.25, 0.3) is 0 Å². The van der Waals surface area contributed by atoms with Gasteiger partial charge in [-0.2, -0.15) is 0 Å². The van der Waals surface area contributed by atoms with Crippen LogP contribution in [0.2, 0.25) is 0 Å². The number of rotatable bonds is 4. The number of nitrogens with two attached hydrogens (primary N) is 1. The van der Waals surface area contributed by atoms with Crippen molar-refractivity contribution < 1.29 is 0 Å². The zero-order valence-electron chi connectivity index (χ0n) is 14.3. The van der Waals surface area contributed by atoms with Crippen molar-refractivity contribution in [3.05, 3.63) is 0 Å². The van der Waals surface area contributed by atoms with E-state index in [1.807, 2.05) is 0 Å². The van der Waals surface area contributed by atoms with Crippen LogP contribution in [0, 0.1) is 11.3 Å². The molecule has 0 saturated heterocycles. The van der Waals surface area contributed by atoms with Crippen LogP contribution in [0.3, 0.4) is 0 Å². The van der Waals surface area contributed by atoms with Crippen LogP contribution in [0.15, 0.2) is 0 Å². The second-order valence-electron chi connectivity index (χ2n) is 8.36. The van der Waals surface area contributed by atoms with E-state index < -0.39 is 0 Å². The molecule has 2 saturated carbocycles. The molecular weight excluding hydrogens is 244 g/mol. The SMILES string of the molecule is CCN(C1CCCCC1)C1(CN)CC(C)CC(C)(C)C1. The molecule has 0 aromatic heterocycles. The van der Waals surface area contributed by atoms with E-state index in [9.17, 15) is 0 Å². The highest BCUT2D eigenvalue weighted by atomic mass is 15.2. The zero-order chi connectivity index (χ0) is 14.8. The number of nitrogens with zero attached hydrogens (tertiary/aromatic N) is 1. The van der Waals surface area contributed by atoms with Crippen LogP contribution in [0.4, 0.5) is 0 Å². The van der Waals surface area contributed by atoms with Crippen LogP contribution < -0.4 is 5.73 Å². The molecule has 2 nitrogen and oxygen atoms in total. The summed E-state index contributed by atoms with van der Waals surface area (Å²) in [7, 11) is 0. The van der Waals surface area contributed by atoms with Gasteiger partial charge in [0.25, 0.3) is 0 Å². The molecule has 0 aliphatic heterocycles. The molecule has 2 unspecified atom stereocenters. The molecule has 2 heteroatoms. The van der Waals surface area contributed by atoms with Gasteiger partial charge in [-0.3, -0.25) is 4.90 Å². The van der Waals surface area contributed by atoms with Crippen LogP contribution in [-0.2, 0) is 0 Å². The van der Waals surface area contributed by atoms with E-state index in [2.05, 4.69) is 32.6 Å². The standard InChI is InChI=1S/C18H36N2/c1-5-20(16-9-7-6-8-10-16)18(14-19)12-15(2)11-17(3,4)13-18/h15-16H,5-14,19H2,1-4H3. The molecule has 118 valence electrons. The molecule has 2 N–H and O–H groups in total. The van der Waals surface area contributed by atoms with Gasteiger partial charge in [0.05, 0.1) is 0 Å². The summed E-state index contributed by atoms with van der Waals surface area (Å²) in [4.78, 5) is 2.82. The van der Waals surface area contributed by atoms with E-state index in [4.69, 9.17) is 5.73 Å². The van der Waals surface area contributed by atoms with Crippen LogP contribution in [0.1, 0.15) is 79.1 Å². The molecule has 0 amide bonds. The molecule has 20 heavy (non-hydrogen) atoms.